The van der Waals surface area contributed by atoms with Crippen LogP contribution in [0.15, 0.2) is 0 Å². The van der Waals surface area contributed by atoms with Crippen molar-refractivity contribution in [2.45, 2.75) is 26.3 Å². The summed E-state index contributed by atoms with van der Waals surface area (Å²) in [5.41, 5.74) is 4.91. The van der Waals surface area contributed by atoms with Gasteiger partial charge in [0.1, 0.15) is 6.04 Å². The van der Waals surface area contributed by atoms with Gasteiger partial charge in [0.15, 0.2) is 5.69 Å². The van der Waals surface area contributed by atoms with Crippen molar-refractivity contribution in [3.8, 4) is 0 Å². The molecule has 0 bridgehead atoms. The van der Waals surface area contributed by atoms with Crippen LogP contribution in [0.25, 0.3) is 0 Å². The van der Waals surface area contributed by atoms with Crippen LogP contribution in [0.5, 0.6) is 0 Å². The zero-order valence-corrected chi connectivity index (χ0v) is 9.88. The highest BCUT2D eigenvalue weighted by atomic mass is 16.4. The maximum Gasteiger partial charge on any atom is 0.358 e. The molecule has 4 N–H and O–H groups in total. The highest BCUT2D eigenvalue weighted by Gasteiger charge is 2.24. The van der Waals surface area contributed by atoms with E-state index >= 15 is 0 Å². The quantitative estimate of drug-likeness (QED) is 0.649. The molecule has 3 amide bonds. The van der Waals surface area contributed by atoms with Gasteiger partial charge >= 0.3 is 12.0 Å². The molecule has 0 fully saturated rings. The zero-order valence-electron chi connectivity index (χ0n) is 9.88. The average molecular weight is 255 g/mol. The van der Waals surface area contributed by atoms with E-state index in [0.717, 1.165) is 4.68 Å². The van der Waals surface area contributed by atoms with Crippen molar-refractivity contribution in [2.75, 3.05) is 0 Å². The number of imide groups is 1. The number of hydrogen-bond acceptors (Lipinski definition) is 5. The van der Waals surface area contributed by atoms with Gasteiger partial charge in [-0.25, -0.2) is 14.3 Å². The van der Waals surface area contributed by atoms with Gasteiger partial charge in [0.25, 0.3) is 5.91 Å². The molecule has 1 unspecified atom stereocenters. The van der Waals surface area contributed by atoms with Crippen molar-refractivity contribution in [3.63, 3.8) is 0 Å². The number of nitrogens with two attached hydrogens (primary N) is 1. The number of carbonyl (C=O) groups excluding carboxylic acids is 2. The third kappa shape index (κ3) is 2.62. The van der Waals surface area contributed by atoms with Crippen molar-refractivity contribution >= 4 is 17.9 Å². The predicted octanol–water partition coefficient (Wildman–Crippen LogP) is -0.705. The Balaban J connectivity index is 3.06. The van der Waals surface area contributed by atoms with Gasteiger partial charge < -0.3 is 10.8 Å². The fourth-order valence-electron chi connectivity index (χ4n) is 1.46. The maximum absolute atomic E-state index is 11.6. The molecule has 1 aromatic heterocycles. The molecule has 1 heterocycles. The Morgan fingerprint density at radius 1 is 1.50 bits per heavy atom. The summed E-state index contributed by atoms with van der Waals surface area (Å²) in [6.45, 7) is 3.16. The van der Waals surface area contributed by atoms with E-state index in [0.29, 0.717) is 12.1 Å². The molecule has 9 heteroatoms. The minimum Gasteiger partial charge on any atom is -0.476 e. The lowest BCUT2D eigenvalue weighted by Gasteiger charge is -2.12. The molecular formula is C9H13N5O4. The number of urea groups is 1. The summed E-state index contributed by atoms with van der Waals surface area (Å²) in [5.74, 6) is -1.90. The van der Waals surface area contributed by atoms with E-state index in [1.165, 1.54) is 6.92 Å². The summed E-state index contributed by atoms with van der Waals surface area (Å²) in [5, 5.41) is 17.9. The highest BCUT2D eigenvalue weighted by Crippen LogP contribution is 2.13. The zero-order chi connectivity index (χ0) is 13.9. The first kappa shape index (κ1) is 13.6. The Morgan fingerprint density at radius 2 is 2.11 bits per heavy atom. The number of aromatic carboxylic acids is 1. The van der Waals surface area contributed by atoms with Crippen LogP contribution in [0.4, 0.5) is 4.79 Å². The summed E-state index contributed by atoms with van der Waals surface area (Å²) in [6, 6.07) is -1.86. The molecule has 0 aromatic carbocycles. The van der Waals surface area contributed by atoms with Crippen LogP contribution in [0.3, 0.4) is 0 Å². The molecule has 0 aliphatic rings. The Morgan fingerprint density at radius 3 is 2.56 bits per heavy atom. The number of primary amides is 1. The van der Waals surface area contributed by atoms with E-state index in [2.05, 4.69) is 10.3 Å². The summed E-state index contributed by atoms with van der Waals surface area (Å²) in [4.78, 5) is 33.0. The normalized spacial score (nSPS) is 11.9. The number of carbonyl (C=O) groups is 3. The average Bonchev–Trinajstić information content (AvgIpc) is 2.70. The highest BCUT2D eigenvalue weighted by molar-refractivity contribution is 5.95. The number of aromatic nitrogens is 3. The lowest BCUT2D eigenvalue weighted by atomic mass is 10.2. The van der Waals surface area contributed by atoms with Crippen LogP contribution in [-0.2, 0) is 11.2 Å². The minimum atomic E-state index is -1.22. The molecule has 1 atom stereocenters. The Labute approximate surface area is 102 Å². The third-order valence-electron chi connectivity index (χ3n) is 2.32. The molecular weight excluding hydrogens is 242 g/mol. The first-order valence-electron chi connectivity index (χ1n) is 5.16. The van der Waals surface area contributed by atoms with Gasteiger partial charge in [-0.3, -0.25) is 10.1 Å². The van der Waals surface area contributed by atoms with E-state index in [1.54, 1.807) is 6.92 Å². The number of rotatable bonds is 4. The van der Waals surface area contributed by atoms with Gasteiger partial charge in [0.05, 0.1) is 5.69 Å². The maximum atomic E-state index is 11.6. The Bertz CT molecular complexity index is 495. The van der Waals surface area contributed by atoms with Gasteiger partial charge in [-0.1, -0.05) is 12.1 Å². The summed E-state index contributed by atoms with van der Waals surface area (Å²) in [6.07, 6.45) is 0.336. The minimum absolute atomic E-state index is 0.212. The Hall–Kier alpha value is -2.45. The van der Waals surface area contributed by atoms with Crippen molar-refractivity contribution in [1.82, 2.24) is 20.3 Å². The molecule has 0 saturated carbocycles. The van der Waals surface area contributed by atoms with Crippen LogP contribution in [0.1, 0.15) is 36.1 Å². The number of carboxylic acids is 1. The molecule has 98 valence electrons. The molecule has 1 aromatic rings. The van der Waals surface area contributed by atoms with Gasteiger partial charge in [-0.05, 0) is 13.3 Å². The number of amides is 3. The number of nitrogens with zero attached hydrogens (tertiary/aromatic N) is 3. The predicted molar refractivity (Wildman–Crippen MR) is 58.8 cm³/mol. The Kier molecular flexibility index (Phi) is 3.97. The largest absolute Gasteiger partial charge is 0.476 e. The van der Waals surface area contributed by atoms with E-state index in [1.807, 2.05) is 5.32 Å². The van der Waals surface area contributed by atoms with E-state index in [9.17, 15) is 14.4 Å². The lowest BCUT2D eigenvalue weighted by Crippen LogP contribution is -2.39. The van der Waals surface area contributed by atoms with Crippen molar-refractivity contribution in [3.05, 3.63) is 11.4 Å². The second-order valence-corrected chi connectivity index (χ2v) is 3.52. The topological polar surface area (TPSA) is 140 Å². The van der Waals surface area contributed by atoms with Gasteiger partial charge in [-0.2, -0.15) is 0 Å². The van der Waals surface area contributed by atoms with Gasteiger partial charge in [0, 0.05) is 0 Å². The smallest absolute Gasteiger partial charge is 0.358 e. The monoisotopic (exact) mass is 255 g/mol. The number of nitrogens with one attached hydrogen (secondary N) is 1. The molecule has 0 saturated heterocycles. The molecule has 0 aliphatic carbocycles. The molecule has 0 spiro atoms. The fraction of sp³-hybridized carbons (Fsp3) is 0.444. The van der Waals surface area contributed by atoms with E-state index in [4.69, 9.17) is 10.8 Å². The van der Waals surface area contributed by atoms with Crippen molar-refractivity contribution in [2.24, 2.45) is 5.73 Å². The molecule has 18 heavy (non-hydrogen) atoms. The van der Waals surface area contributed by atoms with Crippen molar-refractivity contribution < 1.29 is 19.5 Å². The van der Waals surface area contributed by atoms with Crippen molar-refractivity contribution in [1.29, 1.82) is 0 Å². The number of carboxylic acid groups (broad SMARTS) is 1. The summed E-state index contributed by atoms with van der Waals surface area (Å²) < 4.78 is 1.15. The van der Waals surface area contributed by atoms with Gasteiger partial charge in [-0.15, -0.1) is 5.10 Å². The summed E-state index contributed by atoms with van der Waals surface area (Å²) >= 11 is 0. The lowest BCUT2D eigenvalue weighted by molar-refractivity contribution is -0.123. The van der Waals surface area contributed by atoms with E-state index < -0.39 is 23.9 Å². The van der Waals surface area contributed by atoms with Crippen LogP contribution in [0.2, 0.25) is 0 Å². The first-order valence-corrected chi connectivity index (χ1v) is 5.16. The second kappa shape index (κ2) is 5.25. The molecule has 9 nitrogen and oxygen atoms in total. The van der Waals surface area contributed by atoms with Crippen LogP contribution in [0, 0.1) is 0 Å². The second-order valence-electron chi connectivity index (χ2n) is 3.52. The standard InChI is InChI=1S/C9H13N5O4/c1-3-5-6(8(16)17)12-13-14(5)4(2)7(15)11-9(10)18/h4H,3H2,1-2H3,(H,16,17)(H3,10,11,15,18). The third-order valence-corrected chi connectivity index (χ3v) is 2.32. The van der Waals surface area contributed by atoms with Gasteiger partial charge in [0.2, 0.25) is 0 Å². The number of hydrogen-bond donors (Lipinski definition) is 3. The molecule has 0 radical (unpaired) electrons. The van der Waals surface area contributed by atoms with Crippen LogP contribution < -0.4 is 11.1 Å². The van der Waals surface area contributed by atoms with Crippen LogP contribution in [-0.4, -0.2) is 38.0 Å². The first-order chi connectivity index (χ1) is 8.38. The van der Waals surface area contributed by atoms with E-state index in [-0.39, 0.29) is 5.69 Å². The molecule has 1 rings (SSSR count). The fourth-order valence-corrected chi connectivity index (χ4v) is 1.46. The SMILES string of the molecule is CCc1c(C(=O)O)nnn1C(C)C(=O)NC(N)=O. The van der Waals surface area contributed by atoms with Crippen LogP contribution >= 0.6 is 0 Å². The summed E-state index contributed by atoms with van der Waals surface area (Å²) in [7, 11) is 0. The molecule has 0 aliphatic heterocycles.